The van der Waals surface area contributed by atoms with Crippen molar-refractivity contribution < 1.29 is 19.4 Å². The number of phenolic OH excluding ortho intramolecular Hbond substituents is 1. The summed E-state index contributed by atoms with van der Waals surface area (Å²) in [4.78, 5) is 14.4. The molecule has 5 heteroatoms. The zero-order valence-electron chi connectivity index (χ0n) is 8.36. The number of aromatic carboxylic acids is 1. The van der Waals surface area contributed by atoms with Gasteiger partial charge in [-0.25, -0.2) is 14.2 Å². The van der Waals surface area contributed by atoms with Crippen LogP contribution in [0.25, 0.3) is 10.9 Å². The lowest BCUT2D eigenvalue weighted by atomic mass is 10.1. The van der Waals surface area contributed by atoms with Crippen LogP contribution in [0.15, 0.2) is 18.2 Å². The van der Waals surface area contributed by atoms with Crippen molar-refractivity contribution in [3.05, 3.63) is 35.3 Å². The number of rotatable bonds is 1. The summed E-state index contributed by atoms with van der Waals surface area (Å²) < 4.78 is 13.4. The van der Waals surface area contributed by atoms with Crippen LogP contribution in [-0.4, -0.2) is 21.2 Å². The highest BCUT2D eigenvalue weighted by molar-refractivity contribution is 5.92. The van der Waals surface area contributed by atoms with E-state index in [1.165, 1.54) is 25.1 Å². The molecule has 0 radical (unpaired) electrons. The maximum Gasteiger partial charge on any atom is 0.354 e. The van der Waals surface area contributed by atoms with Crippen molar-refractivity contribution in [1.29, 1.82) is 0 Å². The van der Waals surface area contributed by atoms with Crippen molar-refractivity contribution in [3.8, 4) is 5.75 Å². The van der Waals surface area contributed by atoms with Gasteiger partial charge in [0.05, 0.1) is 0 Å². The first-order chi connectivity index (χ1) is 7.50. The van der Waals surface area contributed by atoms with Gasteiger partial charge < -0.3 is 10.2 Å². The van der Waals surface area contributed by atoms with Gasteiger partial charge >= 0.3 is 5.97 Å². The van der Waals surface area contributed by atoms with E-state index in [0.717, 1.165) is 0 Å². The number of benzene rings is 1. The Hall–Kier alpha value is -2.17. The Morgan fingerprint density at radius 3 is 2.75 bits per heavy atom. The number of aromatic nitrogens is 1. The molecule has 0 bridgehead atoms. The average Bonchev–Trinajstić information content (AvgIpc) is 2.25. The number of phenols is 1. The SMILES string of the molecule is Cc1cc2ccc(C(=O)O)nc2c(O)c1F. The third kappa shape index (κ3) is 1.46. The van der Waals surface area contributed by atoms with Crippen LogP contribution in [0.4, 0.5) is 4.39 Å². The minimum Gasteiger partial charge on any atom is -0.503 e. The number of carboxylic acids is 1. The molecule has 0 fully saturated rings. The van der Waals surface area contributed by atoms with Gasteiger partial charge in [0.15, 0.2) is 11.6 Å². The van der Waals surface area contributed by atoms with Crippen molar-refractivity contribution in [2.24, 2.45) is 0 Å². The summed E-state index contributed by atoms with van der Waals surface area (Å²) in [5.74, 6) is -2.61. The predicted molar refractivity (Wildman–Crippen MR) is 55.1 cm³/mol. The number of fused-ring (bicyclic) bond motifs is 1. The van der Waals surface area contributed by atoms with Crippen molar-refractivity contribution in [1.82, 2.24) is 4.98 Å². The van der Waals surface area contributed by atoms with Crippen molar-refractivity contribution in [2.75, 3.05) is 0 Å². The average molecular weight is 221 g/mol. The number of pyridine rings is 1. The molecule has 0 atom stereocenters. The Morgan fingerprint density at radius 1 is 1.44 bits per heavy atom. The van der Waals surface area contributed by atoms with Gasteiger partial charge in [0.1, 0.15) is 11.2 Å². The number of carbonyl (C=O) groups is 1. The number of carboxylic acid groups (broad SMARTS) is 1. The Bertz CT molecular complexity index is 595. The van der Waals surface area contributed by atoms with Crippen LogP contribution in [0, 0.1) is 12.7 Å². The van der Waals surface area contributed by atoms with Gasteiger partial charge in [0.2, 0.25) is 0 Å². The molecule has 0 saturated heterocycles. The van der Waals surface area contributed by atoms with Gasteiger partial charge in [-0.15, -0.1) is 0 Å². The molecule has 82 valence electrons. The maximum absolute atomic E-state index is 13.4. The van der Waals surface area contributed by atoms with Crippen molar-refractivity contribution in [2.45, 2.75) is 6.92 Å². The van der Waals surface area contributed by atoms with Crippen LogP contribution in [0.2, 0.25) is 0 Å². The molecular formula is C11H8FNO3. The molecule has 2 aromatic rings. The molecule has 0 spiro atoms. The Balaban J connectivity index is 2.82. The van der Waals surface area contributed by atoms with Crippen LogP contribution in [-0.2, 0) is 0 Å². The van der Waals surface area contributed by atoms with E-state index in [0.29, 0.717) is 5.39 Å². The second-order valence-corrected chi connectivity index (χ2v) is 3.43. The van der Waals surface area contributed by atoms with E-state index in [1.54, 1.807) is 0 Å². The van der Waals surface area contributed by atoms with Gasteiger partial charge in [-0.1, -0.05) is 6.07 Å². The fourth-order valence-electron chi connectivity index (χ4n) is 1.48. The van der Waals surface area contributed by atoms with E-state index in [-0.39, 0.29) is 16.8 Å². The van der Waals surface area contributed by atoms with E-state index in [9.17, 15) is 14.3 Å². The number of hydrogen-bond donors (Lipinski definition) is 2. The molecule has 2 rings (SSSR count). The van der Waals surface area contributed by atoms with Crippen molar-refractivity contribution in [3.63, 3.8) is 0 Å². The van der Waals surface area contributed by atoms with Gasteiger partial charge in [0.25, 0.3) is 0 Å². The summed E-state index contributed by atoms with van der Waals surface area (Å²) in [6.45, 7) is 1.51. The molecule has 0 saturated carbocycles. The van der Waals surface area contributed by atoms with Gasteiger partial charge in [-0.3, -0.25) is 0 Å². The Labute approximate surface area is 90.0 Å². The third-order valence-corrected chi connectivity index (χ3v) is 2.30. The molecule has 1 aromatic carbocycles. The Kier molecular flexibility index (Phi) is 2.23. The van der Waals surface area contributed by atoms with Crippen LogP contribution in [0.3, 0.4) is 0 Å². The zero-order valence-corrected chi connectivity index (χ0v) is 8.36. The van der Waals surface area contributed by atoms with Gasteiger partial charge in [-0.05, 0) is 24.6 Å². The largest absolute Gasteiger partial charge is 0.503 e. The number of hydrogen-bond acceptors (Lipinski definition) is 3. The number of halogens is 1. The second-order valence-electron chi connectivity index (χ2n) is 3.43. The number of nitrogens with zero attached hydrogens (tertiary/aromatic N) is 1. The summed E-state index contributed by atoms with van der Waals surface area (Å²) in [6.07, 6.45) is 0. The van der Waals surface area contributed by atoms with E-state index in [4.69, 9.17) is 5.11 Å². The van der Waals surface area contributed by atoms with Gasteiger partial charge in [0, 0.05) is 5.39 Å². The molecule has 4 nitrogen and oxygen atoms in total. The van der Waals surface area contributed by atoms with E-state index >= 15 is 0 Å². The fraction of sp³-hybridized carbons (Fsp3) is 0.0909. The lowest BCUT2D eigenvalue weighted by molar-refractivity contribution is 0.0691. The van der Waals surface area contributed by atoms with E-state index in [2.05, 4.69) is 4.98 Å². The normalized spacial score (nSPS) is 10.6. The minimum absolute atomic E-state index is 0.0389. The topological polar surface area (TPSA) is 70.4 Å². The second kappa shape index (κ2) is 3.44. The molecule has 16 heavy (non-hydrogen) atoms. The monoisotopic (exact) mass is 221 g/mol. The summed E-state index contributed by atoms with van der Waals surface area (Å²) >= 11 is 0. The predicted octanol–water partition coefficient (Wildman–Crippen LogP) is 2.09. The highest BCUT2D eigenvalue weighted by Crippen LogP contribution is 2.28. The Morgan fingerprint density at radius 2 is 2.12 bits per heavy atom. The first kappa shape index (κ1) is 10.4. The smallest absolute Gasteiger partial charge is 0.354 e. The summed E-state index contributed by atoms with van der Waals surface area (Å²) in [6, 6.07) is 4.29. The van der Waals surface area contributed by atoms with Crippen LogP contribution in [0.5, 0.6) is 5.75 Å². The fourth-order valence-corrected chi connectivity index (χ4v) is 1.48. The van der Waals surface area contributed by atoms with Crippen LogP contribution >= 0.6 is 0 Å². The van der Waals surface area contributed by atoms with Crippen molar-refractivity contribution >= 4 is 16.9 Å². The standard InChI is InChI=1S/C11H8FNO3/c1-5-4-6-2-3-7(11(15)16)13-9(6)10(14)8(5)12/h2-4,14H,1H3,(H,15,16). The lowest BCUT2D eigenvalue weighted by Gasteiger charge is -2.05. The maximum atomic E-state index is 13.4. The highest BCUT2D eigenvalue weighted by atomic mass is 19.1. The summed E-state index contributed by atoms with van der Waals surface area (Å²) in [7, 11) is 0. The first-order valence-corrected chi connectivity index (χ1v) is 4.53. The molecule has 0 aliphatic heterocycles. The zero-order chi connectivity index (χ0) is 11.9. The van der Waals surface area contributed by atoms with E-state index in [1.807, 2.05) is 0 Å². The molecule has 0 aliphatic carbocycles. The quantitative estimate of drug-likeness (QED) is 0.773. The number of aryl methyl sites for hydroxylation is 1. The van der Waals surface area contributed by atoms with Gasteiger partial charge in [-0.2, -0.15) is 0 Å². The molecule has 0 unspecified atom stereocenters. The third-order valence-electron chi connectivity index (χ3n) is 2.30. The molecule has 0 aliphatic rings. The molecule has 1 heterocycles. The van der Waals surface area contributed by atoms with E-state index < -0.39 is 17.5 Å². The number of aromatic hydroxyl groups is 1. The molecular weight excluding hydrogens is 213 g/mol. The molecule has 1 aromatic heterocycles. The first-order valence-electron chi connectivity index (χ1n) is 4.53. The molecule has 2 N–H and O–H groups in total. The van der Waals surface area contributed by atoms with Crippen LogP contribution in [0.1, 0.15) is 16.1 Å². The highest BCUT2D eigenvalue weighted by Gasteiger charge is 2.13. The minimum atomic E-state index is -1.22. The lowest BCUT2D eigenvalue weighted by Crippen LogP contribution is -2.00. The molecule has 0 amide bonds. The summed E-state index contributed by atoms with van der Waals surface area (Å²) in [5, 5.41) is 18.7. The van der Waals surface area contributed by atoms with Crippen LogP contribution < -0.4 is 0 Å². The summed E-state index contributed by atoms with van der Waals surface area (Å²) in [5.41, 5.74) is 0.0175.